The predicted octanol–water partition coefficient (Wildman–Crippen LogP) is 9.32. The number of unbranched alkanes of at least 4 members (excludes halogenated alkanes) is 2. The van der Waals surface area contributed by atoms with Crippen LogP contribution in [-0.4, -0.2) is 184 Å². The summed E-state index contributed by atoms with van der Waals surface area (Å²) in [6, 6.07) is 12.2. The van der Waals surface area contributed by atoms with Gasteiger partial charge >= 0.3 is 18.0 Å². The van der Waals surface area contributed by atoms with Gasteiger partial charge in [0.1, 0.15) is 18.2 Å². The molecule has 2 aliphatic rings. The van der Waals surface area contributed by atoms with Gasteiger partial charge in [0.15, 0.2) is 11.6 Å². The van der Waals surface area contributed by atoms with E-state index in [-0.39, 0.29) is 117 Å². The number of ether oxygens (including phenoxy) is 3. The van der Waals surface area contributed by atoms with E-state index in [1.54, 1.807) is 61.9 Å². The van der Waals surface area contributed by atoms with E-state index in [9.17, 15) is 72.5 Å². The number of carbonyl (C=O) groups is 13. The van der Waals surface area contributed by atoms with Crippen molar-refractivity contribution in [2.24, 2.45) is 53.3 Å². The van der Waals surface area contributed by atoms with Crippen molar-refractivity contribution in [2.75, 3.05) is 46.7 Å². The van der Waals surface area contributed by atoms with Gasteiger partial charge in [-0.05, 0) is 98.8 Å². The first-order valence-corrected chi connectivity index (χ1v) is 35.1. The second-order valence-electron chi connectivity index (χ2n) is 28.1. The average molecular weight is 1380 g/mol. The number of carbonyl (C=O) groups excluding carboxylic acids is 11. The van der Waals surface area contributed by atoms with Crippen LogP contribution in [0.15, 0.2) is 66.7 Å². The van der Waals surface area contributed by atoms with Crippen molar-refractivity contribution in [1.29, 1.82) is 0 Å². The first-order chi connectivity index (χ1) is 46.7. The lowest BCUT2D eigenvalue weighted by molar-refractivity contribution is -0.149. The van der Waals surface area contributed by atoms with Gasteiger partial charge in [-0.3, -0.25) is 62.4 Å². The minimum Gasteiger partial charge on any atom is -0.481 e. The van der Waals surface area contributed by atoms with E-state index in [0.29, 0.717) is 62.7 Å². The molecule has 24 heteroatoms. The van der Waals surface area contributed by atoms with Gasteiger partial charge in [0.2, 0.25) is 23.6 Å². The zero-order valence-electron chi connectivity index (χ0n) is 60.7. The van der Waals surface area contributed by atoms with Crippen LogP contribution in [0.2, 0.25) is 0 Å². The summed E-state index contributed by atoms with van der Waals surface area (Å²) in [5.74, 6) is -11.3. The lowest BCUT2D eigenvalue weighted by atomic mass is 9.83. The van der Waals surface area contributed by atoms with Crippen LogP contribution in [0.25, 0.3) is 0 Å². The topological polar surface area (TPSA) is 327 Å². The Labute approximate surface area is 584 Å². The number of rotatable bonds is 45. The Bertz CT molecular complexity index is 3100. The first-order valence-electron chi connectivity index (χ1n) is 35.1. The van der Waals surface area contributed by atoms with Crippen molar-refractivity contribution in [1.82, 2.24) is 24.9 Å². The fraction of sp³-hybridized carbons (Fsp3) is 0.640. The number of likely N-dealkylation sites (N-methyl/N-ethyl adjacent to an activating group) is 2. The van der Waals surface area contributed by atoms with Crippen LogP contribution in [0.3, 0.4) is 0 Å². The third-order valence-electron chi connectivity index (χ3n) is 19.5. The molecular weight excluding hydrogens is 1270 g/mol. The summed E-state index contributed by atoms with van der Waals surface area (Å²) >= 11 is 0. The number of imide groups is 1. The highest BCUT2D eigenvalue weighted by Crippen LogP contribution is 2.33. The molecule has 0 aliphatic carbocycles. The maximum atomic E-state index is 14.9. The fourth-order valence-corrected chi connectivity index (χ4v) is 13.5. The molecule has 2 aliphatic heterocycles. The Kier molecular flexibility index (Phi) is 34.5. The summed E-state index contributed by atoms with van der Waals surface area (Å²) in [5.41, 5.74) is 1.60. The fourth-order valence-electron chi connectivity index (χ4n) is 13.5. The molecule has 0 spiro atoms. The second kappa shape index (κ2) is 40.9. The zero-order chi connectivity index (χ0) is 74.0. The monoisotopic (exact) mass is 1380 g/mol. The van der Waals surface area contributed by atoms with Crippen LogP contribution < -0.4 is 10.6 Å². The van der Waals surface area contributed by atoms with Crippen LogP contribution in [0.1, 0.15) is 177 Å². The molecule has 4 N–H and O–H groups in total. The summed E-state index contributed by atoms with van der Waals surface area (Å²) in [6.45, 7) is 18.6. The summed E-state index contributed by atoms with van der Waals surface area (Å²) in [5, 5.41) is 25.1. The van der Waals surface area contributed by atoms with E-state index in [4.69, 9.17) is 14.2 Å². The minimum absolute atomic E-state index is 0.0378. The Hall–Kier alpha value is -7.99. The quantitative estimate of drug-likeness (QED) is 0.0354. The molecule has 2 heterocycles. The summed E-state index contributed by atoms with van der Waals surface area (Å²) in [6.07, 6.45) is 2.73. The summed E-state index contributed by atoms with van der Waals surface area (Å²) < 4.78 is 17.8. The molecule has 1 saturated heterocycles. The summed E-state index contributed by atoms with van der Waals surface area (Å²) in [4.78, 5) is 179. The number of benzene rings is 2. The number of carboxylic acids is 2. The average Bonchev–Trinajstić information content (AvgIpc) is 1.27. The lowest BCUT2D eigenvalue weighted by Gasteiger charge is -2.41. The molecule has 99 heavy (non-hydrogen) atoms. The smallest absolute Gasteiger partial charge is 0.410 e. The maximum Gasteiger partial charge on any atom is 0.410 e. The molecule has 4 rings (SSSR count). The van der Waals surface area contributed by atoms with Gasteiger partial charge < -0.3 is 49.8 Å². The molecule has 24 nitrogen and oxygen atoms in total. The van der Waals surface area contributed by atoms with Gasteiger partial charge in [-0.1, -0.05) is 118 Å². The summed E-state index contributed by atoms with van der Waals surface area (Å²) in [7, 11) is 6.08. The van der Waals surface area contributed by atoms with Crippen molar-refractivity contribution in [2.45, 2.75) is 215 Å². The van der Waals surface area contributed by atoms with Crippen LogP contribution in [-0.2, 0) is 84.8 Å². The minimum atomic E-state index is -1.18. The highest BCUT2D eigenvalue weighted by Gasteiger charge is 2.44. The maximum absolute atomic E-state index is 14.9. The highest BCUT2D eigenvalue weighted by molar-refractivity contribution is 6.12. The van der Waals surface area contributed by atoms with Gasteiger partial charge in [0.25, 0.3) is 11.8 Å². The normalized spacial score (nSPS) is 17.2. The van der Waals surface area contributed by atoms with E-state index in [2.05, 4.69) is 10.6 Å². The third kappa shape index (κ3) is 25.6. The van der Waals surface area contributed by atoms with E-state index < -0.39 is 120 Å². The number of hydrogen-bond acceptors (Lipinski definition) is 16. The Balaban J connectivity index is 1.36. The van der Waals surface area contributed by atoms with Crippen molar-refractivity contribution in [3.05, 3.63) is 77.9 Å². The number of nitrogens with zero attached hydrogens (tertiary/aromatic N) is 4. The molecule has 0 bridgehead atoms. The van der Waals surface area contributed by atoms with E-state index >= 15 is 0 Å². The third-order valence-corrected chi connectivity index (χ3v) is 19.5. The van der Waals surface area contributed by atoms with Gasteiger partial charge in [-0.2, -0.15) is 0 Å². The Morgan fingerprint density at radius 3 is 1.87 bits per heavy atom. The van der Waals surface area contributed by atoms with Crippen LogP contribution >= 0.6 is 0 Å². The molecule has 2 aromatic carbocycles. The molecular formula is C75H110N6O18. The van der Waals surface area contributed by atoms with Crippen LogP contribution in [0.4, 0.5) is 10.5 Å². The van der Waals surface area contributed by atoms with Crippen LogP contribution in [0, 0.1) is 53.3 Å². The standard InChI is InChI=1S/C75H110N6O18/c1-15-48(8)69(63(97-13)43-66(88)80-36-22-26-59(80)70(98-14)49(9)60(83)41-55(74(94)95)38-51-23-18-16-19-24-51)78(11)73(93)58(46(4)5)42-62(85)68(47(6)7)79(12)75(96)99-44-52-27-30-56(31-28-52)77-71(91)53(29-34-67(89)90)40-61(84)50(10)76-72(92)54(37-45(2)3)39-57(82)25-20-17-21-35-81-64(86)32-33-65(81)87/h16,18-19,23-24,27-28,30-33,45-50,53-55,58-59,63,68-70H,15,17,20-22,25-26,29,34-44H2,1-14H3,(H,76,92)(H,77,91)(H,89,90)(H,94,95)/t48-,49-,50-,53+,54-,55+,58-,59-,63+,68-,69-,70+/m0/s1. The Morgan fingerprint density at radius 2 is 1.30 bits per heavy atom. The van der Waals surface area contributed by atoms with Crippen molar-refractivity contribution in [3.63, 3.8) is 0 Å². The van der Waals surface area contributed by atoms with Crippen LogP contribution in [0.5, 0.6) is 0 Å². The number of nitrogens with one attached hydrogen (secondary N) is 2. The van der Waals surface area contributed by atoms with E-state index in [1.807, 2.05) is 71.9 Å². The molecule has 1 fully saturated rings. The predicted molar refractivity (Wildman–Crippen MR) is 371 cm³/mol. The highest BCUT2D eigenvalue weighted by atomic mass is 16.6. The molecule has 0 saturated carbocycles. The number of Topliss-reactive ketones (excluding diaryl/α,β-unsaturated/α-hetero) is 4. The molecule has 7 amide bonds. The number of carboxylic acid groups (broad SMARTS) is 2. The Morgan fingerprint density at radius 1 is 0.667 bits per heavy atom. The number of ketones is 4. The molecule has 0 unspecified atom stereocenters. The van der Waals surface area contributed by atoms with Gasteiger partial charge in [-0.25, -0.2) is 4.79 Å². The lowest BCUT2D eigenvalue weighted by Crippen LogP contribution is -2.54. The number of hydrogen-bond donors (Lipinski definition) is 4. The number of aliphatic carboxylic acids is 2. The van der Waals surface area contributed by atoms with Crippen molar-refractivity contribution < 1.29 is 86.8 Å². The number of methoxy groups -OCH3 is 2. The number of anilines is 1. The number of amides is 7. The molecule has 548 valence electrons. The molecule has 2 aromatic rings. The zero-order valence-corrected chi connectivity index (χ0v) is 60.7. The van der Waals surface area contributed by atoms with Crippen molar-refractivity contribution >= 4 is 82.3 Å². The SMILES string of the molecule is CC[C@H](C)[C@@H]([C@@H](CC(=O)N1CCC[C@H]1[C@H](OC)[C@@H](C)C(=O)C[C@@H](Cc1ccccc1)C(=O)O)OC)N(C)C(=O)[C@@H](CC(=O)[C@H](C(C)C)N(C)C(=O)OCc1ccc(NC(=O)[C@H](CCC(=O)O)CC(=O)[C@H](C)NC(=O)[C@H](CC(=O)CCCCCN2C(=O)C=CC2=O)CC(C)C)cc1)C(C)C. The first kappa shape index (κ1) is 83.4. The molecule has 0 radical (unpaired) electrons. The van der Waals surface area contributed by atoms with E-state index in [0.717, 1.165) is 10.5 Å². The van der Waals surface area contributed by atoms with Gasteiger partial charge in [0.05, 0.1) is 48.7 Å². The largest absolute Gasteiger partial charge is 0.481 e. The number of likely N-dealkylation sites (tertiary alicyclic amines) is 1. The second-order valence-corrected chi connectivity index (χ2v) is 28.1. The van der Waals surface area contributed by atoms with E-state index in [1.165, 1.54) is 45.2 Å². The molecule has 12 atom stereocenters. The molecule has 0 aromatic heterocycles. The van der Waals surface area contributed by atoms with Crippen molar-refractivity contribution in [3.8, 4) is 0 Å². The van der Waals surface area contributed by atoms with Gasteiger partial charge in [-0.15, -0.1) is 0 Å². The van der Waals surface area contributed by atoms with Gasteiger partial charge in [0, 0.05) is 121 Å².